The summed E-state index contributed by atoms with van der Waals surface area (Å²) in [5, 5.41) is 3.84. The van der Waals surface area contributed by atoms with Crippen molar-refractivity contribution in [3.8, 4) is 11.5 Å². The second kappa shape index (κ2) is 8.45. The van der Waals surface area contributed by atoms with Gasteiger partial charge < -0.3 is 9.47 Å². The van der Waals surface area contributed by atoms with Crippen LogP contribution in [0.3, 0.4) is 0 Å². The van der Waals surface area contributed by atoms with E-state index < -0.39 is 10.0 Å². The lowest BCUT2D eigenvalue weighted by Gasteiger charge is -2.04. The van der Waals surface area contributed by atoms with Gasteiger partial charge in [-0.15, -0.1) is 11.6 Å². The van der Waals surface area contributed by atoms with Crippen LogP contribution in [0.4, 0.5) is 0 Å². The van der Waals surface area contributed by atoms with Gasteiger partial charge in [0, 0.05) is 5.88 Å². The van der Waals surface area contributed by atoms with E-state index in [0.717, 1.165) is 16.7 Å². The first-order valence-electron chi connectivity index (χ1n) is 8.26. The van der Waals surface area contributed by atoms with Crippen molar-refractivity contribution in [2.45, 2.75) is 18.2 Å². The first-order chi connectivity index (χ1) is 13.0. The van der Waals surface area contributed by atoms with Crippen LogP contribution >= 0.6 is 11.6 Å². The van der Waals surface area contributed by atoms with E-state index in [0.29, 0.717) is 23.8 Å². The Bertz CT molecular complexity index is 970. The first-order valence-corrected chi connectivity index (χ1v) is 10.3. The lowest BCUT2D eigenvalue weighted by Crippen LogP contribution is -2.18. The van der Waals surface area contributed by atoms with Gasteiger partial charge in [-0.05, 0) is 54.3 Å². The van der Waals surface area contributed by atoms with E-state index in [1.807, 2.05) is 31.2 Å². The minimum Gasteiger partial charge on any atom is -0.454 e. The second-order valence-electron chi connectivity index (χ2n) is 5.94. The van der Waals surface area contributed by atoms with Gasteiger partial charge in [0.25, 0.3) is 10.0 Å². The third-order valence-corrected chi connectivity index (χ3v) is 5.28. The SMILES string of the molecule is CC(/C=N/NS(=O)(=O)c1ccc(CCCl)cc1)=C\c1ccc2c(c1)OCO2. The Hall–Kier alpha value is -2.51. The molecule has 0 fully saturated rings. The van der Waals surface area contributed by atoms with Gasteiger partial charge in [0.15, 0.2) is 11.5 Å². The van der Waals surface area contributed by atoms with Crippen LogP contribution in [0.25, 0.3) is 6.08 Å². The van der Waals surface area contributed by atoms with E-state index in [9.17, 15) is 8.42 Å². The van der Waals surface area contributed by atoms with Crippen LogP contribution in [0, 0.1) is 0 Å². The fourth-order valence-corrected chi connectivity index (χ4v) is 3.51. The van der Waals surface area contributed by atoms with Gasteiger partial charge >= 0.3 is 0 Å². The molecule has 0 radical (unpaired) electrons. The molecule has 0 aliphatic carbocycles. The van der Waals surface area contributed by atoms with Gasteiger partial charge in [-0.1, -0.05) is 24.3 Å². The lowest BCUT2D eigenvalue weighted by molar-refractivity contribution is 0.174. The Morgan fingerprint density at radius 1 is 1.19 bits per heavy atom. The predicted molar refractivity (Wildman–Crippen MR) is 106 cm³/mol. The van der Waals surface area contributed by atoms with Crippen LogP contribution in [-0.2, 0) is 16.4 Å². The highest BCUT2D eigenvalue weighted by molar-refractivity contribution is 7.89. The Kier molecular flexibility index (Phi) is 6.03. The number of sulfonamides is 1. The van der Waals surface area contributed by atoms with E-state index in [2.05, 4.69) is 9.93 Å². The number of hydrazone groups is 1. The number of ether oxygens (including phenoxy) is 2. The molecule has 1 N–H and O–H groups in total. The van der Waals surface area contributed by atoms with Crippen molar-refractivity contribution >= 4 is 33.9 Å². The molecule has 0 saturated carbocycles. The van der Waals surface area contributed by atoms with Crippen LogP contribution < -0.4 is 14.3 Å². The zero-order valence-electron chi connectivity index (χ0n) is 14.7. The van der Waals surface area contributed by atoms with Crippen molar-refractivity contribution in [1.82, 2.24) is 4.83 Å². The van der Waals surface area contributed by atoms with E-state index in [4.69, 9.17) is 21.1 Å². The van der Waals surface area contributed by atoms with Gasteiger partial charge in [0.2, 0.25) is 6.79 Å². The fraction of sp³-hybridized carbons (Fsp3) is 0.211. The van der Waals surface area contributed by atoms with E-state index in [1.54, 1.807) is 12.1 Å². The summed E-state index contributed by atoms with van der Waals surface area (Å²) in [6.45, 7) is 2.04. The molecule has 1 aliphatic rings. The highest BCUT2D eigenvalue weighted by atomic mass is 35.5. The summed E-state index contributed by atoms with van der Waals surface area (Å²) in [7, 11) is -3.71. The average Bonchev–Trinajstić information content (AvgIpc) is 3.10. The van der Waals surface area contributed by atoms with Crippen molar-refractivity contribution < 1.29 is 17.9 Å². The summed E-state index contributed by atoms with van der Waals surface area (Å²) < 4.78 is 35.1. The van der Waals surface area contributed by atoms with Crippen molar-refractivity contribution in [3.63, 3.8) is 0 Å². The van der Waals surface area contributed by atoms with Crippen LogP contribution in [0.15, 0.2) is 58.0 Å². The Morgan fingerprint density at radius 3 is 2.67 bits per heavy atom. The van der Waals surface area contributed by atoms with Gasteiger partial charge in [-0.3, -0.25) is 0 Å². The molecule has 27 heavy (non-hydrogen) atoms. The first kappa shape index (κ1) is 19.3. The summed E-state index contributed by atoms with van der Waals surface area (Å²) >= 11 is 5.68. The number of hydrogen-bond acceptors (Lipinski definition) is 5. The van der Waals surface area contributed by atoms with Gasteiger partial charge in [-0.2, -0.15) is 13.5 Å². The molecular formula is C19H19ClN2O4S. The summed E-state index contributed by atoms with van der Waals surface area (Å²) in [5.74, 6) is 1.89. The zero-order valence-corrected chi connectivity index (χ0v) is 16.3. The lowest BCUT2D eigenvalue weighted by atomic mass is 10.1. The van der Waals surface area contributed by atoms with Crippen molar-refractivity contribution in [2.24, 2.45) is 5.10 Å². The highest BCUT2D eigenvalue weighted by Crippen LogP contribution is 2.32. The average molecular weight is 407 g/mol. The molecule has 0 spiro atoms. The minimum atomic E-state index is -3.71. The second-order valence-corrected chi connectivity index (χ2v) is 7.98. The number of nitrogens with zero attached hydrogens (tertiary/aromatic N) is 1. The third-order valence-electron chi connectivity index (χ3n) is 3.85. The molecule has 0 unspecified atom stereocenters. The van der Waals surface area contributed by atoms with Gasteiger partial charge in [0.1, 0.15) is 0 Å². The molecule has 2 aromatic carbocycles. The van der Waals surface area contributed by atoms with Crippen LogP contribution in [0.1, 0.15) is 18.1 Å². The molecule has 1 aliphatic heterocycles. The van der Waals surface area contributed by atoms with Crippen molar-refractivity contribution in [1.29, 1.82) is 0 Å². The number of rotatable bonds is 7. The molecule has 1 heterocycles. The molecule has 142 valence electrons. The number of allylic oxidation sites excluding steroid dienone is 1. The smallest absolute Gasteiger partial charge is 0.276 e. The molecule has 0 atom stereocenters. The summed E-state index contributed by atoms with van der Waals surface area (Å²) in [6.07, 6.45) is 4.00. The maximum absolute atomic E-state index is 12.3. The maximum Gasteiger partial charge on any atom is 0.276 e. The minimum absolute atomic E-state index is 0.148. The van der Waals surface area contributed by atoms with Gasteiger partial charge in [0.05, 0.1) is 11.1 Å². The predicted octanol–water partition coefficient (Wildman–Crippen LogP) is 3.56. The fourth-order valence-electron chi connectivity index (χ4n) is 2.50. The number of halogens is 1. The molecule has 0 saturated heterocycles. The molecule has 3 rings (SSSR count). The topological polar surface area (TPSA) is 77.0 Å². The molecule has 6 nitrogen and oxygen atoms in total. The Labute approximate surface area is 163 Å². The van der Waals surface area contributed by atoms with Crippen molar-refractivity contribution in [2.75, 3.05) is 12.7 Å². The van der Waals surface area contributed by atoms with Crippen LogP contribution in [0.5, 0.6) is 11.5 Å². The number of hydrogen-bond donors (Lipinski definition) is 1. The third kappa shape index (κ3) is 5.02. The number of nitrogens with one attached hydrogen (secondary N) is 1. The summed E-state index contributed by atoms with van der Waals surface area (Å²) in [5.41, 5.74) is 2.66. The normalized spacial score (nSPS) is 13.9. The molecule has 8 heteroatoms. The van der Waals surface area contributed by atoms with Crippen LogP contribution in [0.2, 0.25) is 0 Å². The van der Waals surface area contributed by atoms with E-state index in [-0.39, 0.29) is 11.7 Å². The standard InChI is InChI=1S/C19H19ClN2O4S/c1-14(10-16-4-7-18-19(11-16)26-13-25-18)12-21-22-27(23,24)17-5-2-15(3-6-17)8-9-20/h2-7,10-12,22H,8-9,13H2,1H3/b14-10+,21-12+. The largest absolute Gasteiger partial charge is 0.454 e. The Morgan fingerprint density at radius 2 is 1.93 bits per heavy atom. The molecular weight excluding hydrogens is 388 g/mol. The molecule has 0 amide bonds. The number of alkyl halides is 1. The number of fused-ring (bicyclic) bond motifs is 1. The number of aryl methyl sites for hydroxylation is 1. The number of benzene rings is 2. The van der Waals surface area contributed by atoms with E-state index in [1.165, 1.54) is 18.3 Å². The van der Waals surface area contributed by atoms with Crippen LogP contribution in [-0.4, -0.2) is 27.3 Å². The van der Waals surface area contributed by atoms with E-state index >= 15 is 0 Å². The highest BCUT2D eigenvalue weighted by Gasteiger charge is 2.13. The van der Waals surface area contributed by atoms with Gasteiger partial charge in [-0.25, -0.2) is 4.83 Å². The molecule has 0 bridgehead atoms. The maximum atomic E-state index is 12.3. The molecule has 0 aromatic heterocycles. The quantitative estimate of drug-likeness (QED) is 0.433. The summed E-state index contributed by atoms with van der Waals surface area (Å²) in [4.78, 5) is 2.36. The molecule has 2 aromatic rings. The monoisotopic (exact) mass is 406 g/mol. The summed E-state index contributed by atoms with van der Waals surface area (Å²) in [6, 6.07) is 12.1. The Balaban J connectivity index is 1.64. The zero-order chi connectivity index (χ0) is 19.3. The van der Waals surface area contributed by atoms with Crippen molar-refractivity contribution in [3.05, 3.63) is 59.2 Å².